The minimum atomic E-state index is -2.47. The van der Waals surface area contributed by atoms with Crippen molar-refractivity contribution in [2.24, 2.45) is 0 Å². The summed E-state index contributed by atoms with van der Waals surface area (Å²) < 4.78 is 60.4. The van der Waals surface area contributed by atoms with E-state index in [2.05, 4.69) is 20.9 Å². The smallest absolute Gasteiger partial charge is 0.0840 e. The summed E-state index contributed by atoms with van der Waals surface area (Å²) in [6.45, 7) is 0. The zero-order valence-corrected chi connectivity index (χ0v) is 6.41. The van der Waals surface area contributed by atoms with Crippen LogP contribution in [0.5, 0.6) is 0 Å². The number of rotatable bonds is 1. The van der Waals surface area contributed by atoms with E-state index in [1.54, 1.807) is 0 Å². The van der Waals surface area contributed by atoms with Crippen LogP contribution in [0.15, 0.2) is 22.7 Å². The van der Waals surface area contributed by atoms with Gasteiger partial charge in [0.1, 0.15) is 0 Å². The van der Waals surface area contributed by atoms with Crippen LogP contribution in [0.4, 0.5) is 0 Å². The Balaban J connectivity index is 2.70. The second-order valence-corrected chi connectivity index (χ2v) is 2.55. The van der Waals surface area contributed by atoms with Crippen molar-refractivity contribution < 1.29 is 11.0 Å². The van der Waals surface area contributed by atoms with Gasteiger partial charge in [-0.1, -0.05) is 15.9 Å². The van der Waals surface area contributed by atoms with E-state index in [0.29, 0.717) is 0 Å². The molecular formula is C8H8BrN. The van der Waals surface area contributed by atoms with E-state index in [4.69, 9.17) is 11.0 Å². The lowest BCUT2D eigenvalue weighted by Gasteiger charge is -1.94. The van der Waals surface area contributed by atoms with Crippen molar-refractivity contribution in [3.8, 4) is 0 Å². The van der Waals surface area contributed by atoms with Crippen molar-refractivity contribution in [1.29, 1.82) is 0 Å². The fraction of sp³-hybridized carbons (Fsp3) is 0.375. The highest BCUT2D eigenvalue weighted by Gasteiger charge is 2.24. The van der Waals surface area contributed by atoms with E-state index in [-0.39, 0.29) is 10.5 Å². The van der Waals surface area contributed by atoms with Gasteiger partial charge >= 0.3 is 0 Å². The van der Waals surface area contributed by atoms with Gasteiger partial charge in [0.05, 0.1) is 4.11 Å². The predicted molar refractivity (Wildman–Crippen MR) is 43.9 cm³/mol. The summed E-state index contributed by atoms with van der Waals surface area (Å²) in [7, 11) is 0. The molecule has 1 nitrogen and oxygen atoms in total. The standard InChI is InChI=1S/C8H8BrN/c9-7-3-4-10-8(5-7)6-1-2-6/h3-6H,1-2H2/i1D2,2D2,3D,4D,5D,6D. The van der Waals surface area contributed by atoms with E-state index in [0.717, 1.165) is 0 Å². The molecule has 10 heavy (non-hydrogen) atoms. The van der Waals surface area contributed by atoms with Gasteiger partial charge in [0.2, 0.25) is 0 Å². The molecular weight excluding hydrogens is 190 g/mol. The first kappa shape index (κ1) is 2.07. The van der Waals surface area contributed by atoms with Gasteiger partial charge in [-0.05, 0) is 24.8 Å². The molecule has 1 aromatic rings. The highest BCUT2D eigenvalue weighted by atomic mass is 79.9. The second-order valence-electron chi connectivity index (χ2n) is 1.76. The first-order valence-electron chi connectivity index (χ1n) is 6.64. The van der Waals surface area contributed by atoms with E-state index in [1.165, 1.54) is 0 Å². The highest BCUT2D eigenvalue weighted by Crippen LogP contribution is 2.39. The van der Waals surface area contributed by atoms with Crippen LogP contribution in [0.25, 0.3) is 0 Å². The molecule has 0 N–H and O–H groups in total. The quantitative estimate of drug-likeness (QED) is 0.688. The van der Waals surface area contributed by atoms with Crippen LogP contribution >= 0.6 is 15.9 Å². The Morgan fingerprint density at radius 3 is 3.40 bits per heavy atom. The lowest BCUT2D eigenvalue weighted by Crippen LogP contribution is -1.83. The SMILES string of the molecule is [2H]c1nc(C2([2H])C([2H])([2H])C2([2H])[2H])c([2H])c(Br)c1[2H]. The third-order valence-electron chi connectivity index (χ3n) is 1.05. The Bertz CT molecular complexity index is 528. The maximum atomic E-state index is 7.90. The van der Waals surface area contributed by atoms with Gasteiger partial charge < -0.3 is 0 Å². The summed E-state index contributed by atoms with van der Waals surface area (Å²) in [5.74, 6) is -2.32. The number of hydrogen-bond acceptors (Lipinski definition) is 1. The molecule has 1 fully saturated rings. The molecule has 0 radical (unpaired) electrons. The average molecular weight is 206 g/mol. The Labute approximate surface area is 79.8 Å². The Hall–Kier alpha value is -0.370. The lowest BCUT2D eigenvalue weighted by atomic mass is 10.3. The van der Waals surface area contributed by atoms with Crippen LogP contribution in [0, 0.1) is 0 Å². The largest absolute Gasteiger partial charge is 0.261 e. The lowest BCUT2D eigenvalue weighted by molar-refractivity contribution is 1.02. The van der Waals surface area contributed by atoms with Crippen LogP contribution in [-0.2, 0) is 0 Å². The second kappa shape index (κ2) is 2.35. The topological polar surface area (TPSA) is 12.9 Å². The first-order chi connectivity index (χ1) is 8.00. The Morgan fingerprint density at radius 2 is 2.70 bits per heavy atom. The summed E-state index contributed by atoms with van der Waals surface area (Å²) in [6, 6.07) is -0.759. The minimum Gasteiger partial charge on any atom is -0.261 e. The fourth-order valence-electron chi connectivity index (χ4n) is 0.564. The molecule has 0 amide bonds. The third kappa shape index (κ3) is 1.21. The fourth-order valence-corrected chi connectivity index (χ4v) is 0.841. The molecule has 0 unspecified atom stereocenters. The zero-order chi connectivity index (χ0) is 14.1. The van der Waals surface area contributed by atoms with E-state index in [9.17, 15) is 0 Å². The average Bonchev–Trinajstić information content (AvgIpc) is 2.59. The minimum absolute atomic E-state index is 0.0809. The van der Waals surface area contributed by atoms with Gasteiger partial charge in [-0.3, -0.25) is 4.98 Å². The molecule has 0 spiro atoms. The van der Waals surface area contributed by atoms with Gasteiger partial charge in [-0.15, -0.1) is 0 Å². The molecule has 1 aliphatic rings. The van der Waals surface area contributed by atoms with Crippen molar-refractivity contribution in [2.75, 3.05) is 0 Å². The van der Waals surface area contributed by atoms with Gasteiger partial charge in [0.25, 0.3) is 0 Å². The van der Waals surface area contributed by atoms with Crippen molar-refractivity contribution in [3.05, 3.63) is 28.4 Å². The molecule has 52 valence electrons. The van der Waals surface area contributed by atoms with Crippen LogP contribution < -0.4 is 0 Å². The van der Waals surface area contributed by atoms with Crippen LogP contribution in [0.3, 0.4) is 0 Å². The molecule has 2 heteroatoms. The number of hydrogen-bond donors (Lipinski definition) is 0. The normalized spacial score (nSPS) is 42.1. The van der Waals surface area contributed by atoms with Gasteiger partial charge in [0, 0.05) is 29.1 Å². The van der Waals surface area contributed by atoms with Crippen molar-refractivity contribution in [1.82, 2.24) is 4.98 Å². The van der Waals surface area contributed by atoms with E-state index < -0.39 is 36.5 Å². The third-order valence-corrected chi connectivity index (χ3v) is 1.44. The summed E-state index contributed by atoms with van der Waals surface area (Å²) in [5, 5.41) is 0. The van der Waals surface area contributed by atoms with Crippen molar-refractivity contribution >= 4 is 15.9 Å². The predicted octanol–water partition coefficient (Wildman–Crippen LogP) is 2.72. The maximum Gasteiger partial charge on any atom is 0.0840 e. The molecule has 1 aliphatic carbocycles. The molecule has 0 aromatic carbocycles. The molecule has 0 aliphatic heterocycles. The van der Waals surface area contributed by atoms with Crippen LogP contribution in [0.2, 0.25) is 0 Å². The Morgan fingerprint density at radius 1 is 1.90 bits per heavy atom. The molecule has 1 aromatic heterocycles. The van der Waals surface area contributed by atoms with Crippen LogP contribution in [0.1, 0.15) is 35.3 Å². The first-order valence-corrected chi connectivity index (χ1v) is 3.43. The Kier molecular flexibility index (Phi) is 0.485. The van der Waals surface area contributed by atoms with E-state index >= 15 is 0 Å². The molecule has 1 saturated carbocycles. The summed E-state index contributed by atoms with van der Waals surface area (Å²) in [4.78, 5) is 3.55. The number of nitrogens with zero attached hydrogens (tertiary/aromatic N) is 1. The molecule has 1 heterocycles. The number of halogens is 1. The van der Waals surface area contributed by atoms with Crippen LogP contribution in [-0.4, -0.2) is 4.98 Å². The summed E-state index contributed by atoms with van der Waals surface area (Å²) in [5.41, 5.74) is -0.453. The van der Waals surface area contributed by atoms with Crippen molar-refractivity contribution in [2.45, 2.75) is 18.6 Å². The highest BCUT2D eigenvalue weighted by molar-refractivity contribution is 9.10. The molecule has 0 bridgehead atoms. The maximum absolute atomic E-state index is 7.90. The van der Waals surface area contributed by atoms with Gasteiger partial charge in [-0.25, -0.2) is 0 Å². The van der Waals surface area contributed by atoms with Crippen molar-refractivity contribution in [3.63, 3.8) is 0 Å². The van der Waals surface area contributed by atoms with E-state index in [1.807, 2.05) is 0 Å². The number of pyridine rings is 1. The zero-order valence-electron chi connectivity index (χ0n) is 12.8. The molecule has 0 saturated heterocycles. The molecule has 2 rings (SSSR count). The monoisotopic (exact) mass is 205 g/mol. The summed E-state index contributed by atoms with van der Waals surface area (Å²) in [6.07, 6.45) is -5.46. The molecule has 0 atom stereocenters. The van der Waals surface area contributed by atoms with Gasteiger partial charge in [-0.2, -0.15) is 0 Å². The van der Waals surface area contributed by atoms with Gasteiger partial charge in [0.15, 0.2) is 0 Å². The summed E-state index contributed by atoms with van der Waals surface area (Å²) >= 11 is 2.91. The number of aromatic nitrogens is 1.